The summed E-state index contributed by atoms with van der Waals surface area (Å²) in [7, 11) is -2.96. The third kappa shape index (κ3) is 5.48. The van der Waals surface area contributed by atoms with Crippen LogP contribution in [0, 0.1) is 6.92 Å². The lowest BCUT2D eigenvalue weighted by atomic mass is 10.5. The van der Waals surface area contributed by atoms with Crippen LogP contribution in [0.4, 0.5) is 5.82 Å². The molecule has 96 valence electrons. The van der Waals surface area contributed by atoms with Crippen molar-refractivity contribution < 1.29 is 13.2 Å². The van der Waals surface area contributed by atoms with Crippen molar-refractivity contribution in [3.05, 3.63) is 11.9 Å². The molecular weight excluding hydrogens is 242 g/mol. The molecular formula is C10H17N3O3S. The van der Waals surface area contributed by atoms with Gasteiger partial charge in [-0.2, -0.15) is 4.98 Å². The molecule has 0 saturated heterocycles. The first-order valence-corrected chi connectivity index (χ1v) is 7.37. The summed E-state index contributed by atoms with van der Waals surface area (Å²) in [5.74, 6) is 1.71. The molecule has 0 spiro atoms. The second kappa shape index (κ2) is 5.81. The van der Waals surface area contributed by atoms with E-state index in [9.17, 15) is 8.42 Å². The molecule has 1 heterocycles. The van der Waals surface area contributed by atoms with Crippen LogP contribution in [-0.4, -0.2) is 43.5 Å². The Balaban J connectivity index is 2.64. The van der Waals surface area contributed by atoms with Crippen LogP contribution in [0.25, 0.3) is 0 Å². The number of aryl methyl sites for hydroxylation is 1. The molecule has 0 bridgehead atoms. The minimum Gasteiger partial charge on any atom is -0.478 e. The maximum Gasteiger partial charge on any atom is 0.218 e. The SMILES string of the molecule is CCOc1cc(NCCS(C)(=O)=O)nc(C)n1. The van der Waals surface area contributed by atoms with E-state index < -0.39 is 9.84 Å². The average Bonchev–Trinajstić information content (AvgIpc) is 2.15. The molecule has 0 unspecified atom stereocenters. The molecule has 0 aliphatic carbocycles. The Bertz CT molecular complexity index is 474. The zero-order chi connectivity index (χ0) is 12.9. The number of anilines is 1. The van der Waals surface area contributed by atoms with Gasteiger partial charge in [0, 0.05) is 18.9 Å². The molecule has 0 radical (unpaired) electrons. The van der Waals surface area contributed by atoms with E-state index in [2.05, 4.69) is 15.3 Å². The third-order valence-electron chi connectivity index (χ3n) is 1.89. The molecule has 0 fully saturated rings. The Morgan fingerprint density at radius 1 is 1.41 bits per heavy atom. The van der Waals surface area contributed by atoms with Crippen LogP contribution >= 0.6 is 0 Å². The number of hydrogen-bond donors (Lipinski definition) is 1. The molecule has 0 saturated carbocycles. The van der Waals surface area contributed by atoms with Crippen molar-refractivity contribution >= 4 is 15.7 Å². The first-order chi connectivity index (χ1) is 7.90. The van der Waals surface area contributed by atoms with Crippen molar-refractivity contribution in [1.29, 1.82) is 0 Å². The van der Waals surface area contributed by atoms with E-state index in [0.29, 0.717) is 30.7 Å². The minimum atomic E-state index is -2.96. The van der Waals surface area contributed by atoms with Crippen LogP contribution in [0.15, 0.2) is 6.07 Å². The number of hydrogen-bond acceptors (Lipinski definition) is 6. The summed E-state index contributed by atoms with van der Waals surface area (Å²) in [5.41, 5.74) is 0. The van der Waals surface area contributed by atoms with Crippen LogP contribution in [0.1, 0.15) is 12.7 Å². The highest BCUT2D eigenvalue weighted by atomic mass is 32.2. The average molecular weight is 259 g/mol. The Morgan fingerprint density at radius 3 is 2.71 bits per heavy atom. The maximum absolute atomic E-state index is 11.0. The lowest BCUT2D eigenvalue weighted by Crippen LogP contribution is -2.15. The van der Waals surface area contributed by atoms with E-state index in [1.165, 1.54) is 6.26 Å². The Labute approximate surface area is 101 Å². The van der Waals surface area contributed by atoms with Gasteiger partial charge in [-0.25, -0.2) is 13.4 Å². The van der Waals surface area contributed by atoms with Gasteiger partial charge in [-0.3, -0.25) is 0 Å². The standard InChI is InChI=1S/C10H17N3O3S/c1-4-16-10-7-9(12-8(2)13-10)11-5-6-17(3,14)15/h7H,4-6H2,1-3H3,(H,11,12,13). The smallest absolute Gasteiger partial charge is 0.218 e. The highest BCUT2D eigenvalue weighted by Gasteiger charge is 2.04. The largest absolute Gasteiger partial charge is 0.478 e. The quantitative estimate of drug-likeness (QED) is 0.807. The fraction of sp³-hybridized carbons (Fsp3) is 0.600. The molecule has 1 rings (SSSR count). The van der Waals surface area contributed by atoms with Gasteiger partial charge in [-0.1, -0.05) is 0 Å². The normalized spacial score (nSPS) is 11.2. The summed E-state index contributed by atoms with van der Waals surface area (Å²) < 4.78 is 27.2. The predicted octanol–water partition coefficient (Wildman–Crippen LogP) is 0.640. The van der Waals surface area contributed by atoms with Crippen molar-refractivity contribution in [2.45, 2.75) is 13.8 Å². The zero-order valence-corrected chi connectivity index (χ0v) is 11.0. The number of rotatable bonds is 6. The Kier molecular flexibility index (Phi) is 4.68. The summed E-state index contributed by atoms with van der Waals surface area (Å²) in [6, 6.07) is 1.65. The van der Waals surface area contributed by atoms with Gasteiger partial charge in [-0.05, 0) is 13.8 Å². The van der Waals surface area contributed by atoms with Crippen molar-refractivity contribution in [3.63, 3.8) is 0 Å². The van der Waals surface area contributed by atoms with E-state index in [0.717, 1.165) is 0 Å². The fourth-order valence-corrected chi connectivity index (χ4v) is 1.69. The minimum absolute atomic E-state index is 0.0695. The molecule has 1 aromatic heterocycles. The predicted molar refractivity (Wildman–Crippen MR) is 66.1 cm³/mol. The summed E-state index contributed by atoms with van der Waals surface area (Å²) >= 11 is 0. The van der Waals surface area contributed by atoms with Crippen LogP contribution in [0.3, 0.4) is 0 Å². The summed E-state index contributed by atoms with van der Waals surface area (Å²) in [5, 5.41) is 2.93. The first kappa shape index (κ1) is 13.7. The summed E-state index contributed by atoms with van der Waals surface area (Å²) in [6.07, 6.45) is 1.20. The molecule has 0 aliphatic heterocycles. The number of sulfone groups is 1. The molecule has 7 heteroatoms. The Hall–Kier alpha value is -1.37. The first-order valence-electron chi connectivity index (χ1n) is 5.31. The topological polar surface area (TPSA) is 81.2 Å². The second-order valence-electron chi connectivity index (χ2n) is 3.63. The van der Waals surface area contributed by atoms with E-state index in [4.69, 9.17) is 4.74 Å². The molecule has 0 amide bonds. The number of aromatic nitrogens is 2. The number of nitrogens with zero attached hydrogens (tertiary/aromatic N) is 2. The lowest BCUT2D eigenvalue weighted by Gasteiger charge is -2.08. The number of ether oxygens (including phenoxy) is 1. The molecule has 0 aliphatic rings. The second-order valence-corrected chi connectivity index (χ2v) is 5.89. The fourth-order valence-electron chi connectivity index (χ4n) is 1.22. The summed E-state index contributed by atoms with van der Waals surface area (Å²) in [6.45, 7) is 4.47. The van der Waals surface area contributed by atoms with Crippen LogP contribution in [-0.2, 0) is 9.84 Å². The van der Waals surface area contributed by atoms with Gasteiger partial charge in [0.2, 0.25) is 5.88 Å². The Morgan fingerprint density at radius 2 is 2.12 bits per heavy atom. The zero-order valence-electron chi connectivity index (χ0n) is 10.2. The van der Waals surface area contributed by atoms with Gasteiger partial charge in [0.1, 0.15) is 21.5 Å². The van der Waals surface area contributed by atoms with Crippen molar-refractivity contribution in [3.8, 4) is 5.88 Å². The van der Waals surface area contributed by atoms with E-state index >= 15 is 0 Å². The number of nitrogens with one attached hydrogen (secondary N) is 1. The van der Waals surface area contributed by atoms with Gasteiger partial charge in [-0.15, -0.1) is 0 Å². The van der Waals surface area contributed by atoms with Crippen LogP contribution in [0.5, 0.6) is 5.88 Å². The van der Waals surface area contributed by atoms with Crippen LogP contribution < -0.4 is 10.1 Å². The van der Waals surface area contributed by atoms with Gasteiger partial charge in [0.15, 0.2) is 0 Å². The molecule has 17 heavy (non-hydrogen) atoms. The van der Waals surface area contributed by atoms with E-state index in [1.54, 1.807) is 13.0 Å². The highest BCUT2D eigenvalue weighted by molar-refractivity contribution is 7.90. The third-order valence-corrected chi connectivity index (χ3v) is 2.83. The maximum atomic E-state index is 11.0. The van der Waals surface area contributed by atoms with Gasteiger partial charge >= 0.3 is 0 Å². The van der Waals surface area contributed by atoms with Crippen molar-refractivity contribution in [2.75, 3.05) is 30.5 Å². The molecule has 6 nitrogen and oxygen atoms in total. The monoisotopic (exact) mass is 259 g/mol. The van der Waals surface area contributed by atoms with Gasteiger partial charge < -0.3 is 10.1 Å². The van der Waals surface area contributed by atoms with Crippen molar-refractivity contribution in [1.82, 2.24) is 9.97 Å². The lowest BCUT2D eigenvalue weighted by molar-refractivity contribution is 0.325. The highest BCUT2D eigenvalue weighted by Crippen LogP contribution is 2.12. The summed E-state index contributed by atoms with van der Waals surface area (Å²) in [4.78, 5) is 8.23. The molecule has 1 N–H and O–H groups in total. The molecule has 0 aromatic carbocycles. The molecule has 1 aromatic rings. The van der Waals surface area contributed by atoms with Crippen molar-refractivity contribution in [2.24, 2.45) is 0 Å². The van der Waals surface area contributed by atoms with Gasteiger partial charge in [0.25, 0.3) is 0 Å². The van der Waals surface area contributed by atoms with Crippen LogP contribution in [0.2, 0.25) is 0 Å². The van der Waals surface area contributed by atoms with Gasteiger partial charge in [0.05, 0.1) is 12.4 Å². The van der Waals surface area contributed by atoms with E-state index in [1.807, 2.05) is 6.92 Å². The molecule has 0 atom stereocenters. The van der Waals surface area contributed by atoms with E-state index in [-0.39, 0.29) is 5.75 Å².